The highest BCUT2D eigenvalue weighted by Gasteiger charge is 2.48. The number of aryl methyl sites for hydroxylation is 1. The van der Waals surface area contributed by atoms with Gasteiger partial charge in [-0.2, -0.15) is 0 Å². The monoisotopic (exact) mass is 352 g/mol. The zero-order valence-electron chi connectivity index (χ0n) is 12.1. The van der Waals surface area contributed by atoms with Crippen LogP contribution in [0.5, 0.6) is 0 Å². The third-order valence-electron chi connectivity index (χ3n) is 3.91. The quantitative estimate of drug-likeness (QED) is 0.855. The summed E-state index contributed by atoms with van der Waals surface area (Å²) in [5.74, 6) is -0.366. The zero-order valence-corrected chi connectivity index (χ0v) is 14.6. The van der Waals surface area contributed by atoms with Crippen LogP contribution in [0.2, 0.25) is 0 Å². The maximum Gasteiger partial charge on any atom is 0.241 e. The molecule has 0 aromatic carbocycles. The molecule has 1 saturated heterocycles. The second-order valence-electron chi connectivity index (χ2n) is 5.23. The lowest BCUT2D eigenvalue weighted by Crippen LogP contribution is -2.57. The first-order valence-corrected chi connectivity index (χ1v) is 9.35. The van der Waals surface area contributed by atoms with E-state index < -0.39 is 14.6 Å². The molecule has 0 saturated carbocycles. The van der Waals surface area contributed by atoms with Gasteiger partial charge in [-0.1, -0.05) is 0 Å². The minimum Gasteiger partial charge on any atom is -0.350 e. The van der Waals surface area contributed by atoms with Crippen molar-refractivity contribution in [1.82, 2.24) is 10.6 Å². The van der Waals surface area contributed by atoms with Crippen molar-refractivity contribution < 1.29 is 13.2 Å². The number of carbonyl (C=O) groups is 1. The summed E-state index contributed by atoms with van der Waals surface area (Å²) in [6.45, 7) is 3.49. The number of amides is 1. The Morgan fingerprint density at radius 3 is 2.52 bits per heavy atom. The van der Waals surface area contributed by atoms with Crippen molar-refractivity contribution in [2.45, 2.75) is 31.1 Å². The minimum absolute atomic E-state index is 0. The largest absolute Gasteiger partial charge is 0.350 e. The molecule has 5 nitrogen and oxygen atoms in total. The van der Waals surface area contributed by atoms with E-state index in [0.717, 1.165) is 16.7 Å². The van der Waals surface area contributed by atoms with E-state index in [1.165, 1.54) is 0 Å². The molecule has 0 radical (unpaired) electrons. The molecule has 1 aliphatic heterocycles. The molecular formula is C13H21ClN2O3S2. The number of rotatable bonds is 4. The number of halogens is 1. The maximum atomic E-state index is 12.5. The zero-order chi connectivity index (χ0) is 14.8. The Kier molecular flexibility index (Phi) is 6.22. The molecule has 2 N–H and O–H groups in total. The smallest absolute Gasteiger partial charge is 0.241 e. The van der Waals surface area contributed by atoms with Crippen molar-refractivity contribution in [2.24, 2.45) is 0 Å². The number of nitrogens with one attached hydrogen (secondary N) is 2. The van der Waals surface area contributed by atoms with Crippen LogP contribution in [0.1, 0.15) is 23.3 Å². The van der Waals surface area contributed by atoms with Crippen molar-refractivity contribution in [1.29, 1.82) is 0 Å². The average molecular weight is 353 g/mol. The van der Waals surface area contributed by atoms with Gasteiger partial charge in [0, 0.05) is 11.1 Å². The van der Waals surface area contributed by atoms with Crippen LogP contribution in [0.15, 0.2) is 11.4 Å². The normalized spacial score (nSPS) is 17.8. The molecule has 1 aromatic rings. The van der Waals surface area contributed by atoms with Crippen molar-refractivity contribution in [3.63, 3.8) is 0 Å². The van der Waals surface area contributed by atoms with E-state index in [4.69, 9.17) is 0 Å². The second kappa shape index (κ2) is 7.09. The third-order valence-corrected chi connectivity index (χ3v) is 6.95. The number of sulfone groups is 1. The Labute approximate surface area is 135 Å². The van der Waals surface area contributed by atoms with Gasteiger partial charge in [0.2, 0.25) is 5.91 Å². The van der Waals surface area contributed by atoms with Crippen LogP contribution in [-0.2, 0) is 21.2 Å². The van der Waals surface area contributed by atoms with E-state index in [0.29, 0.717) is 32.5 Å². The predicted molar refractivity (Wildman–Crippen MR) is 87.8 cm³/mol. The van der Waals surface area contributed by atoms with Crippen LogP contribution < -0.4 is 10.6 Å². The van der Waals surface area contributed by atoms with Gasteiger partial charge >= 0.3 is 0 Å². The fraction of sp³-hybridized carbons (Fsp3) is 0.615. The van der Waals surface area contributed by atoms with Crippen LogP contribution in [0.25, 0.3) is 0 Å². The van der Waals surface area contributed by atoms with E-state index in [2.05, 4.69) is 10.6 Å². The molecular weight excluding hydrogens is 332 g/mol. The van der Waals surface area contributed by atoms with Gasteiger partial charge in [0.15, 0.2) is 14.6 Å². The Morgan fingerprint density at radius 1 is 1.43 bits per heavy atom. The Morgan fingerprint density at radius 2 is 2.05 bits per heavy atom. The average Bonchev–Trinajstić information content (AvgIpc) is 2.81. The van der Waals surface area contributed by atoms with Crippen LogP contribution in [0, 0.1) is 6.92 Å². The Hall–Kier alpha value is -0.630. The molecule has 1 fully saturated rings. The number of piperidine rings is 1. The number of hydrogen-bond acceptors (Lipinski definition) is 5. The first-order chi connectivity index (χ1) is 9.37. The molecule has 2 heterocycles. The Bertz CT molecular complexity index is 592. The summed E-state index contributed by atoms with van der Waals surface area (Å²) < 4.78 is 22.9. The van der Waals surface area contributed by atoms with E-state index >= 15 is 0 Å². The van der Waals surface area contributed by atoms with Crippen LogP contribution in [0.3, 0.4) is 0 Å². The summed E-state index contributed by atoms with van der Waals surface area (Å²) in [6, 6.07) is 1.99. The third kappa shape index (κ3) is 3.77. The lowest BCUT2D eigenvalue weighted by Gasteiger charge is -2.34. The van der Waals surface area contributed by atoms with Crippen molar-refractivity contribution in [2.75, 3.05) is 19.3 Å². The van der Waals surface area contributed by atoms with E-state index in [9.17, 15) is 13.2 Å². The highest BCUT2D eigenvalue weighted by Crippen LogP contribution is 2.28. The molecule has 2 rings (SSSR count). The molecule has 0 bridgehead atoms. The van der Waals surface area contributed by atoms with Gasteiger partial charge in [0.25, 0.3) is 0 Å². The molecule has 120 valence electrons. The van der Waals surface area contributed by atoms with Gasteiger partial charge in [-0.3, -0.25) is 4.79 Å². The van der Waals surface area contributed by atoms with E-state index in [1.54, 1.807) is 11.3 Å². The van der Waals surface area contributed by atoms with Crippen molar-refractivity contribution in [3.8, 4) is 0 Å². The number of carbonyl (C=O) groups excluding carboxylic acids is 1. The van der Waals surface area contributed by atoms with E-state index in [-0.39, 0.29) is 18.3 Å². The van der Waals surface area contributed by atoms with Gasteiger partial charge < -0.3 is 10.6 Å². The first kappa shape index (κ1) is 18.4. The van der Waals surface area contributed by atoms with Gasteiger partial charge in [-0.15, -0.1) is 23.7 Å². The second-order valence-corrected chi connectivity index (χ2v) is 8.55. The first-order valence-electron chi connectivity index (χ1n) is 6.58. The summed E-state index contributed by atoms with van der Waals surface area (Å²) >= 11 is 1.57. The van der Waals surface area contributed by atoms with Gasteiger partial charge in [-0.25, -0.2) is 8.42 Å². The highest BCUT2D eigenvalue weighted by atomic mass is 35.5. The highest BCUT2D eigenvalue weighted by molar-refractivity contribution is 7.92. The summed E-state index contributed by atoms with van der Waals surface area (Å²) in [7, 11) is -3.44. The molecule has 8 heteroatoms. The molecule has 0 unspecified atom stereocenters. The summed E-state index contributed by atoms with van der Waals surface area (Å²) in [6.07, 6.45) is 1.83. The molecule has 0 aliphatic carbocycles. The fourth-order valence-electron chi connectivity index (χ4n) is 2.50. The summed E-state index contributed by atoms with van der Waals surface area (Å²) in [5.41, 5.74) is 1.12. The molecule has 0 spiro atoms. The molecule has 21 heavy (non-hydrogen) atoms. The lowest BCUT2D eigenvalue weighted by molar-refractivity contribution is -0.124. The molecule has 0 atom stereocenters. The van der Waals surface area contributed by atoms with Gasteiger partial charge in [0.1, 0.15) is 0 Å². The predicted octanol–water partition coefficient (Wildman–Crippen LogP) is 1.26. The lowest BCUT2D eigenvalue weighted by atomic mass is 9.96. The molecule has 1 aromatic heterocycles. The van der Waals surface area contributed by atoms with Crippen molar-refractivity contribution >= 4 is 39.5 Å². The van der Waals surface area contributed by atoms with Gasteiger partial charge in [0.05, 0.1) is 6.54 Å². The van der Waals surface area contributed by atoms with Crippen LogP contribution in [-0.4, -0.2) is 38.4 Å². The van der Waals surface area contributed by atoms with Crippen LogP contribution >= 0.6 is 23.7 Å². The van der Waals surface area contributed by atoms with E-state index in [1.807, 2.05) is 18.4 Å². The Balaban J connectivity index is 0.00000220. The maximum absolute atomic E-state index is 12.5. The molecule has 1 aliphatic rings. The number of thiophene rings is 1. The topological polar surface area (TPSA) is 75.3 Å². The summed E-state index contributed by atoms with van der Waals surface area (Å²) in [5, 5.41) is 7.88. The van der Waals surface area contributed by atoms with Crippen LogP contribution in [0.4, 0.5) is 0 Å². The standard InChI is InChI=1S/C13H20N2O3S2.ClH/c1-10-3-8-19-11(10)9-15-12(16)13(20(2,17)18)4-6-14-7-5-13;/h3,8,14H,4-7,9H2,1-2H3,(H,15,16);1H. The fourth-order valence-corrected chi connectivity index (χ4v) is 4.70. The number of hydrogen-bond donors (Lipinski definition) is 2. The summed E-state index contributed by atoms with van der Waals surface area (Å²) in [4.78, 5) is 13.5. The van der Waals surface area contributed by atoms with Crippen molar-refractivity contribution in [3.05, 3.63) is 21.9 Å². The van der Waals surface area contributed by atoms with Gasteiger partial charge in [-0.05, 0) is 49.9 Å². The molecule has 1 amide bonds. The minimum atomic E-state index is -3.44. The SMILES string of the molecule is Cc1ccsc1CNC(=O)C1(S(C)(=O)=O)CCNCC1.Cl.